The highest BCUT2D eigenvalue weighted by Gasteiger charge is 2.42. The minimum absolute atomic E-state index is 0.300. The van der Waals surface area contributed by atoms with Gasteiger partial charge in [-0.1, -0.05) is 23.7 Å². The minimum atomic E-state index is -1.07. The molecular weight excluding hydrogens is 360 g/mol. The maximum Gasteiger partial charge on any atom is 0.245 e. The Hall–Kier alpha value is -2.26. The number of imidazole rings is 1. The van der Waals surface area contributed by atoms with E-state index >= 15 is 0 Å². The third-order valence-corrected chi connectivity index (χ3v) is 4.62. The van der Waals surface area contributed by atoms with Crippen molar-refractivity contribution < 1.29 is 19.7 Å². The molecule has 136 valence electrons. The molecule has 0 unspecified atom stereocenters. The summed E-state index contributed by atoms with van der Waals surface area (Å²) in [6, 6.07) is 7.31. The first kappa shape index (κ1) is 17.2. The van der Waals surface area contributed by atoms with Gasteiger partial charge >= 0.3 is 0 Å². The zero-order chi connectivity index (χ0) is 18.3. The molecule has 1 aromatic carbocycles. The fraction of sp³-hybridized carbons (Fsp3) is 0.353. The van der Waals surface area contributed by atoms with Crippen molar-refractivity contribution in [1.82, 2.24) is 19.5 Å². The van der Waals surface area contributed by atoms with E-state index in [-0.39, 0.29) is 0 Å². The molecule has 8 nitrogen and oxygen atoms in total. The molecule has 0 spiro atoms. The summed E-state index contributed by atoms with van der Waals surface area (Å²) < 4.78 is 13.0. The van der Waals surface area contributed by atoms with Gasteiger partial charge in [-0.15, -0.1) is 0 Å². The van der Waals surface area contributed by atoms with E-state index in [1.807, 2.05) is 12.1 Å². The molecule has 1 saturated heterocycles. The van der Waals surface area contributed by atoms with E-state index in [2.05, 4.69) is 15.0 Å². The number of aliphatic hydroxyl groups excluding tert-OH is 2. The number of aromatic nitrogens is 4. The minimum Gasteiger partial charge on any atom is -0.471 e. The normalized spacial score (nSPS) is 25.7. The zero-order valence-electron chi connectivity index (χ0n) is 13.9. The third-order valence-electron chi connectivity index (χ3n) is 4.37. The summed E-state index contributed by atoms with van der Waals surface area (Å²) in [5.41, 5.74) is 1.84. The fourth-order valence-electron chi connectivity index (χ4n) is 2.91. The number of ether oxygens (including phenoxy) is 2. The van der Waals surface area contributed by atoms with E-state index in [1.54, 1.807) is 23.6 Å². The Morgan fingerprint density at radius 1 is 1.15 bits per heavy atom. The molecule has 0 bridgehead atoms. The maximum atomic E-state index is 10.2. The summed E-state index contributed by atoms with van der Waals surface area (Å²) in [6.45, 7) is 2.00. The van der Waals surface area contributed by atoms with E-state index in [0.29, 0.717) is 28.7 Å². The van der Waals surface area contributed by atoms with Crippen LogP contribution in [0.3, 0.4) is 0 Å². The van der Waals surface area contributed by atoms with Crippen molar-refractivity contribution in [2.45, 2.75) is 38.1 Å². The second-order valence-electron chi connectivity index (χ2n) is 6.13. The predicted octanol–water partition coefficient (Wildman–Crippen LogP) is 1.70. The van der Waals surface area contributed by atoms with Gasteiger partial charge in [-0.25, -0.2) is 9.97 Å². The van der Waals surface area contributed by atoms with E-state index in [0.717, 1.165) is 5.56 Å². The van der Waals surface area contributed by atoms with Crippen LogP contribution in [0.5, 0.6) is 5.88 Å². The first-order chi connectivity index (χ1) is 12.5. The van der Waals surface area contributed by atoms with Gasteiger partial charge < -0.3 is 19.7 Å². The first-order valence-corrected chi connectivity index (χ1v) is 8.49. The molecule has 1 fully saturated rings. The fourth-order valence-corrected chi connectivity index (χ4v) is 3.04. The lowest BCUT2D eigenvalue weighted by Crippen LogP contribution is -2.30. The predicted molar refractivity (Wildman–Crippen MR) is 92.7 cm³/mol. The lowest BCUT2D eigenvalue weighted by atomic mass is 10.1. The zero-order valence-corrected chi connectivity index (χ0v) is 14.6. The van der Waals surface area contributed by atoms with Crippen molar-refractivity contribution in [3.8, 4) is 5.88 Å². The molecule has 0 radical (unpaired) electrons. The van der Waals surface area contributed by atoms with E-state index in [1.165, 1.54) is 12.7 Å². The Bertz CT molecular complexity index is 917. The van der Waals surface area contributed by atoms with Gasteiger partial charge in [-0.05, 0) is 24.6 Å². The highest BCUT2D eigenvalue weighted by atomic mass is 35.5. The Morgan fingerprint density at radius 2 is 1.92 bits per heavy atom. The number of aliphatic hydroxyl groups is 2. The SMILES string of the molecule is C[C@H]1O[C@@H](n2cnc3c(OCc4ccc(Cl)cc4)ncnc32)[C@H](O)[C@@H]1O. The molecule has 9 heteroatoms. The third kappa shape index (κ3) is 3.01. The number of hydrogen-bond acceptors (Lipinski definition) is 7. The van der Waals surface area contributed by atoms with Gasteiger partial charge in [0.15, 0.2) is 17.4 Å². The Labute approximate surface area is 154 Å². The molecule has 3 aromatic rings. The summed E-state index contributed by atoms with van der Waals surface area (Å²) in [4.78, 5) is 12.7. The van der Waals surface area contributed by atoms with Gasteiger partial charge in [0.25, 0.3) is 0 Å². The molecule has 3 heterocycles. The highest BCUT2D eigenvalue weighted by molar-refractivity contribution is 6.30. The van der Waals surface area contributed by atoms with Crippen molar-refractivity contribution >= 4 is 22.8 Å². The Morgan fingerprint density at radius 3 is 2.62 bits per heavy atom. The average Bonchev–Trinajstić information content (AvgIpc) is 3.18. The van der Waals surface area contributed by atoms with Crippen LogP contribution >= 0.6 is 11.6 Å². The van der Waals surface area contributed by atoms with Gasteiger partial charge in [-0.2, -0.15) is 4.98 Å². The molecule has 0 amide bonds. The van der Waals surface area contributed by atoms with Gasteiger partial charge in [-0.3, -0.25) is 4.57 Å². The van der Waals surface area contributed by atoms with Crippen LogP contribution in [-0.4, -0.2) is 48.0 Å². The highest BCUT2D eigenvalue weighted by Crippen LogP contribution is 2.32. The van der Waals surface area contributed by atoms with Gasteiger partial charge in [0.1, 0.15) is 25.1 Å². The van der Waals surface area contributed by atoms with Crippen LogP contribution in [0.4, 0.5) is 0 Å². The summed E-state index contributed by atoms with van der Waals surface area (Å²) in [5, 5.41) is 20.8. The van der Waals surface area contributed by atoms with Crippen molar-refractivity contribution in [3.63, 3.8) is 0 Å². The Kier molecular flexibility index (Phi) is 4.49. The Balaban J connectivity index is 1.60. The van der Waals surface area contributed by atoms with Gasteiger partial charge in [0, 0.05) is 5.02 Å². The van der Waals surface area contributed by atoms with Crippen LogP contribution in [0.25, 0.3) is 11.2 Å². The van der Waals surface area contributed by atoms with Crippen molar-refractivity contribution in [2.75, 3.05) is 0 Å². The summed E-state index contributed by atoms with van der Waals surface area (Å²) in [7, 11) is 0. The van der Waals surface area contributed by atoms with Crippen LogP contribution in [0.1, 0.15) is 18.7 Å². The number of halogens is 1. The topological polar surface area (TPSA) is 103 Å². The molecular formula is C17H17ClN4O4. The molecule has 2 N–H and O–H groups in total. The first-order valence-electron chi connectivity index (χ1n) is 8.11. The summed E-state index contributed by atoms with van der Waals surface area (Å²) >= 11 is 5.88. The molecule has 2 aromatic heterocycles. The monoisotopic (exact) mass is 376 g/mol. The lowest BCUT2D eigenvalue weighted by Gasteiger charge is -2.16. The molecule has 0 aliphatic carbocycles. The van der Waals surface area contributed by atoms with Gasteiger partial charge in [0.2, 0.25) is 5.88 Å². The molecule has 26 heavy (non-hydrogen) atoms. The molecule has 4 rings (SSSR count). The van der Waals surface area contributed by atoms with Crippen LogP contribution in [-0.2, 0) is 11.3 Å². The van der Waals surface area contributed by atoms with E-state index in [9.17, 15) is 10.2 Å². The van der Waals surface area contributed by atoms with Crippen molar-refractivity contribution in [2.24, 2.45) is 0 Å². The van der Waals surface area contributed by atoms with E-state index < -0.39 is 24.5 Å². The number of hydrogen-bond donors (Lipinski definition) is 2. The summed E-state index contributed by atoms with van der Waals surface area (Å²) in [6.07, 6.45) is -0.457. The van der Waals surface area contributed by atoms with Crippen LogP contribution in [0.15, 0.2) is 36.9 Å². The quantitative estimate of drug-likeness (QED) is 0.714. The average molecular weight is 377 g/mol. The van der Waals surface area contributed by atoms with Gasteiger partial charge in [0.05, 0.1) is 12.4 Å². The van der Waals surface area contributed by atoms with Crippen molar-refractivity contribution in [3.05, 3.63) is 47.5 Å². The number of rotatable bonds is 4. The molecule has 1 aliphatic heterocycles. The van der Waals surface area contributed by atoms with Crippen LogP contribution < -0.4 is 4.74 Å². The number of fused-ring (bicyclic) bond motifs is 1. The molecule has 1 aliphatic rings. The number of benzene rings is 1. The van der Waals surface area contributed by atoms with Crippen LogP contribution in [0, 0.1) is 0 Å². The second-order valence-corrected chi connectivity index (χ2v) is 6.57. The largest absolute Gasteiger partial charge is 0.471 e. The summed E-state index contributed by atoms with van der Waals surface area (Å²) in [5.74, 6) is 0.324. The van der Waals surface area contributed by atoms with Crippen molar-refractivity contribution in [1.29, 1.82) is 0 Å². The molecule has 4 atom stereocenters. The second kappa shape index (κ2) is 6.81. The maximum absolute atomic E-state index is 10.2. The number of nitrogens with zero attached hydrogens (tertiary/aromatic N) is 4. The van der Waals surface area contributed by atoms with Crippen LogP contribution in [0.2, 0.25) is 5.02 Å². The smallest absolute Gasteiger partial charge is 0.245 e. The molecule has 0 saturated carbocycles. The van der Waals surface area contributed by atoms with E-state index in [4.69, 9.17) is 21.1 Å². The lowest BCUT2D eigenvalue weighted by molar-refractivity contribution is -0.0299. The standard InChI is InChI=1S/C17H17ClN4O4/c1-9-13(23)14(24)17(26-9)22-8-21-12-15(22)19-7-20-16(12)25-6-10-2-4-11(18)5-3-10/h2-5,7-9,13-14,17,23-24H,6H2,1H3/t9-,13-,14-,17-/m1/s1.